The van der Waals surface area contributed by atoms with Crippen LogP contribution in [0.4, 0.5) is 5.69 Å². The predicted octanol–water partition coefficient (Wildman–Crippen LogP) is 5.88. The van der Waals surface area contributed by atoms with Gasteiger partial charge in [0.25, 0.3) is 15.9 Å². The Balaban J connectivity index is 1.50. The highest BCUT2D eigenvalue weighted by Crippen LogP contribution is 2.26. The molecule has 0 unspecified atom stereocenters. The molecule has 0 heterocycles. The molecule has 0 spiro atoms. The summed E-state index contributed by atoms with van der Waals surface area (Å²) in [5, 5.41) is 4.66. The summed E-state index contributed by atoms with van der Waals surface area (Å²) >= 11 is 6.22. The Hall–Kier alpha value is -4.14. The van der Waals surface area contributed by atoms with Crippen LogP contribution in [0.15, 0.2) is 107 Å². The summed E-state index contributed by atoms with van der Waals surface area (Å²) < 4.78 is 34.0. The molecule has 0 saturated heterocycles. The first-order chi connectivity index (χ1) is 18.8. The molecule has 0 fully saturated rings. The van der Waals surface area contributed by atoms with Crippen LogP contribution in [0.2, 0.25) is 5.02 Å². The van der Waals surface area contributed by atoms with Gasteiger partial charge in [-0.1, -0.05) is 66.2 Å². The summed E-state index contributed by atoms with van der Waals surface area (Å²) in [6, 6.07) is 27.9. The average Bonchev–Trinajstić information content (AvgIpc) is 2.94. The molecule has 1 N–H and O–H groups in total. The van der Waals surface area contributed by atoms with Crippen molar-refractivity contribution in [3.8, 4) is 5.75 Å². The molecular formula is C30H28ClN3O4S. The molecular weight excluding hydrogens is 534 g/mol. The molecule has 1 amide bonds. The Morgan fingerprint density at radius 1 is 0.923 bits per heavy atom. The SMILES string of the molecule is Cc1ccc(N(CC(=O)N/N=C/c2ccccc2OCc2ccccc2Cl)S(=O)(=O)c2ccccc2)cc1C. The molecule has 4 rings (SSSR count). The number of carbonyl (C=O) groups excluding carboxylic acids is 1. The normalized spacial score (nSPS) is 11.4. The lowest BCUT2D eigenvalue weighted by Gasteiger charge is -2.24. The second-order valence-electron chi connectivity index (χ2n) is 8.80. The standard InChI is InChI=1S/C30H28ClN3O4S/c1-22-16-17-26(18-23(22)2)34(39(36,37)27-12-4-3-5-13-27)20-30(35)33-32-19-24-10-7-9-15-29(24)38-21-25-11-6-8-14-28(25)31/h3-19H,20-21H2,1-2H3,(H,33,35)/b32-19+. The lowest BCUT2D eigenvalue weighted by molar-refractivity contribution is -0.119. The molecule has 200 valence electrons. The van der Waals surface area contributed by atoms with Gasteiger partial charge in [0.05, 0.1) is 16.8 Å². The minimum atomic E-state index is -4.01. The molecule has 0 aromatic heterocycles. The molecule has 0 atom stereocenters. The largest absolute Gasteiger partial charge is 0.488 e. The summed E-state index contributed by atoms with van der Waals surface area (Å²) in [6.07, 6.45) is 1.45. The Labute approximate surface area is 233 Å². The van der Waals surface area contributed by atoms with Crippen LogP contribution in [0.25, 0.3) is 0 Å². The molecule has 0 bridgehead atoms. The van der Waals surface area contributed by atoms with E-state index in [1.54, 1.807) is 48.5 Å². The maximum atomic E-state index is 13.5. The monoisotopic (exact) mass is 561 g/mol. The third kappa shape index (κ3) is 7.04. The maximum Gasteiger partial charge on any atom is 0.264 e. The quantitative estimate of drug-likeness (QED) is 0.193. The molecule has 4 aromatic rings. The van der Waals surface area contributed by atoms with Crippen LogP contribution in [0, 0.1) is 13.8 Å². The van der Waals surface area contributed by atoms with E-state index in [9.17, 15) is 13.2 Å². The minimum absolute atomic E-state index is 0.0872. The fourth-order valence-corrected chi connectivity index (χ4v) is 5.37. The fourth-order valence-electron chi connectivity index (χ4n) is 3.74. The highest BCUT2D eigenvalue weighted by Gasteiger charge is 2.27. The average molecular weight is 562 g/mol. The summed E-state index contributed by atoms with van der Waals surface area (Å²) in [5.41, 5.74) is 6.22. The van der Waals surface area contributed by atoms with Gasteiger partial charge >= 0.3 is 0 Å². The number of sulfonamides is 1. The number of benzene rings is 4. The van der Waals surface area contributed by atoms with E-state index in [0.717, 1.165) is 21.0 Å². The first-order valence-corrected chi connectivity index (χ1v) is 14.0. The fraction of sp³-hybridized carbons (Fsp3) is 0.133. The molecule has 0 aliphatic rings. The number of carbonyl (C=O) groups is 1. The number of aryl methyl sites for hydroxylation is 2. The van der Waals surface area contributed by atoms with E-state index in [1.807, 2.05) is 50.2 Å². The molecule has 9 heteroatoms. The highest BCUT2D eigenvalue weighted by atomic mass is 35.5. The number of hydrogen-bond acceptors (Lipinski definition) is 5. The zero-order valence-electron chi connectivity index (χ0n) is 21.5. The molecule has 39 heavy (non-hydrogen) atoms. The van der Waals surface area contributed by atoms with Gasteiger partial charge in [-0.25, -0.2) is 13.8 Å². The van der Waals surface area contributed by atoms with Crippen molar-refractivity contribution in [1.29, 1.82) is 0 Å². The number of ether oxygens (including phenoxy) is 1. The summed E-state index contributed by atoms with van der Waals surface area (Å²) in [7, 11) is -4.01. The molecule has 4 aromatic carbocycles. The lowest BCUT2D eigenvalue weighted by atomic mass is 10.1. The van der Waals surface area contributed by atoms with Gasteiger partial charge in [-0.15, -0.1) is 0 Å². The van der Waals surface area contributed by atoms with E-state index < -0.39 is 22.5 Å². The number of nitrogens with one attached hydrogen (secondary N) is 1. The van der Waals surface area contributed by atoms with Gasteiger partial charge in [0, 0.05) is 16.1 Å². The zero-order chi connectivity index (χ0) is 27.8. The van der Waals surface area contributed by atoms with Gasteiger partial charge in [0.15, 0.2) is 0 Å². The van der Waals surface area contributed by atoms with E-state index in [0.29, 0.717) is 22.0 Å². The Kier molecular flexibility index (Phi) is 9.01. The van der Waals surface area contributed by atoms with Crippen molar-refractivity contribution in [3.63, 3.8) is 0 Å². The second kappa shape index (κ2) is 12.6. The number of para-hydroxylation sites is 1. The van der Waals surface area contributed by atoms with Crippen molar-refractivity contribution in [2.45, 2.75) is 25.3 Å². The Morgan fingerprint density at radius 3 is 2.36 bits per heavy atom. The topological polar surface area (TPSA) is 88.1 Å². The molecule has 0 radical (unpaired) electrons. The van der Waals surface area contributed by atoms with Crippen molar-refractivity contribution in [1.82, 2.24) is 5.43 Å². The second-order valence-corrected chi connectivity index (χ2v) is 11.1. The van der Waals surface area contributed by atoms with Crippen LogP contribution >= 0.6 is 11.6 Å². The third-order valence-electron chi connectivity index (χ3n) is 6.05. The van der Waals surface area contributed by atoms with Gasteiger partial charge in [0.1, 0.15) is 18.9 Å². The number of halogens is 1. The molecule has 0 aliphatic carbocycles. The maximum absolute atomic E-state index is 13.5. The van der Waals surface area contributed by atoms with E-state index >= 15 is 0 Å². The van der Waals surface area contributed by atoms with Gasteiger partial charge in [0.2, 0.25) is 0 Å². The van der Waals surface area contributed by atoms with Crippen molar-refractivity contribution in [2.24, 2.45) is 5.10 Å². The first-order valence-electron chi connectivity index (χ1n) is 12.2. The first kappa shape index (κ1) is 27.9. The van der Waals surface area contributed by atoms with Gasteiger partial charge < -0.3 is 4.74 Å². The predicted molar refractivity (Wildman–Crippen MR) is 155 cm³/mol. The Bertz CT molecular complexity index is 1590. The van der Waals surface area contributed by atoms with Crippen LogP contribution in [0.1, 0.15) is 22.3 Å². The van der Waals surface area contributed by atoms with Gasteiger partial charge in [-0.2, -0.15) is 5.10 Å². The van der Waals surface area contributed by atoms with Crippen molar-refractivity contribution < 1.29 is 17.9 Å². The van der Waals surface area contributed by atoms with Crippen LogP contribution in [-0.2, 0) is 21.4 Å². The van der Waals surface area contributed by atoms with Gasteiger partial charge in [-0.05, 0) is 67.4 Å². The number of rotatable bonds is 10. The summed E-state index contributed by atoms with van der Waals surface area (Å²) in [4.78, 5) is 13.0. The molecule has 7 nitrogen and oxygen atoms in total. The van der Waals surface area contributed by atoms with Crippen LogP contribution in [0.5, 0.6) is 5.75 Å². The summed E-state index contributed by atoms with van der Waals surface area (Å²) in [6.45, 7) is 3.63. The summed E-state index contributed by atoms with van der Waals surface area (Å²) in [5.74, 6) is -0.0442. The number of hydrazone groups is 1. The van der Waals surface area contributed by atoms with Crippen LogP contribution in [-0.4, -0.2) is 27.1 Å². The van der Waals surface area contributed by atoms with Crippen LogP contribution < -0.4 is 14.5 Å². The van der Waals surface area contributed by atoms with E-state index in [4.69, 9.17) is 16.3 Å². The van der Waals surface area contributed by atoms with E-state index in [1.165, 1.54) is 18.3 Å². The number of amides is 1. The number of nitrogens with zero attached hydrogens (tertiary/aromatic N) is 2. The third-order valence-corrected chi connectivity index (χ3v) is 8.21. The lowest BCUT2D eigenvalue weighted by Crippen LogP contribution is -2.39. The van der Waals surface area contributed by atoms with Crippen LogP contribution in [0.3, 0.4) is 0 Å². The van der Waals surface area contributed by atoms with E-state index in [-0.39, 0.29) is 11.5 Å². The zero-order valence-corrected chi connectivity index (χ0v) is 23.1. The van der Waals surface area contributed by atoms with Gasteiger partial charge in [-0.3, -0.25) is 9.10 Å². The number of hydrogen-bond donors (Lipinski definition) is 1. The van der Waals surface area contributed by atoms with Crippen molar-refractivity contribution in [2.75, 3.05) is 10.8 Å². The minimum Gasteiger partial charge on any atom is -0.488 e. The molecule has 0 saturated carbocycles. The Morgan fingerprint density at radius 2 is 1.62 bits per heavy atom. The van der Waals surface area contributed by atoms with Crippen molar-refractivity contribution >= 4 is 39.4 Å². The van der Waals surface area contributed by atoms with E-state index in [2.05, 4.69) is 10.5 Å². The van der Waals surface area contributed by atoms with Crippen molar-refractivity contribution in [3.05, 3.63) is 124 Å². The number of anilines is 1. The highest BCUT2D eigenvalue weighted by molar-refractivity contribution is 7.92. The smallest absolute Gasteiger partial charge is 0.264 e. The molecule has 0 aliphatic heterocycles.